The molecule has 7 heteroatoms. The molecule has 0 saturated carbocycles. The molecule has 0 fully saturated rings. The molecule has 2 N–H and O–H groups in total. The summed E-state index contributed by atoms with van der Waals surface area (Å²) in [5, 5.41) is 10.3. The lowest BCUT2D eigenvalue weighted by Crippen LogP contribution is -2.35. The maximum absolute atomic E-state index is 11.7. The number of carbonyl (C=O) groups is 1. The Balaban J connectivity index is 1.94. The first-order chi connectivity index (χ1) is 11.6. The van der Waals surface area contributed by atoms with Crippen molar-refractivity contribution in [3.05, 3.63) is 41.6 Å². The molecule has 0 radical (unpaired) electrons. The van der Waals surface area contributed by atoms with Gasteiger partial charge in [-0.05, 0) is 19.1 Å². The van der Waals surface area contributed by atoms with Crippen LogP contribution in [-0.2, 0) is 23.1 Å². The van der Waals surface area contributed by atoms with E-state index in [2.05, 4.69) is 15.7 Å². The van der Waals surface area contributed by atoms with Crippen molar-refractivity contribution in [2.24, 2.45) is 7.05 Å². The first kappa shape index (κ1) is 18.0. The monoisotopic (exact) mass is 332 g/mol. The fraction of sp³-hybridized carbons (Fsp3) is 0.412. The molecule has 0 unspecified atom stereocenters. The number of benzene rings is 1. The van der Waals surface area contributed by atoms with E-state index in [4.69, 9.17) is 9.47 Å². The number of aromatic nitrogens is 2. The minimum Gasteiger partial charge on any atom is -0.439 e. The van der Waals surface area contributed by atoms with E-state index < -0.39 is 0 Å². The number of hydrogen-bond donors (Lipinski definition) is 2. The predicted molar refractivity (Wildman–Crippen MR) is 91.1 cm³/mol. The lowest BCUT2D eigenvalue weighted by molar-refractivity contribution is -0.120. The summed E-state index contributed by atoms with van der Waals surface area (Å²) < 4.78 is 12.5. The van der Waals surface area contributed by atoms with Crippen molar-refractivity contribution in [3.8, 4) is 11.6 Å². The van der Waals surface area contributed by atoms with Gasteiger partial charge in [0.25, 0.3) is 0 Å². The SMILES string of the molecule is COCCNC(=O)CNCc1c(C)nn(C)c1Oc1ccccc1. The van der Waals surface area contributed by atoms with Crippen molar-refractivity contribution in [1.29, 1.82) is 0 Å². The molecule has 0 saturated heterocycles. The highest BCUT2D eigenvalue weighted by molar-refractivity contribution is 5.77. The van der Waals surface area contributed by atoms with Crippen molar-refractivity contribution >= 4 is 5.91 Å². The van der Waals surface area contributed by atoms with Gasteiger partial charge in [0.15, 0.2) is 0 Å². The van der Waals surface area contributed by atoms with Crippen LogP contribution in [0.25, 0.3) is 0 Å². The fourth-order valence-electron chi connectivity index (χ4n) is 2.27. The smallest absolute Gasteiger partial charge is 0.234 e. The number of rotatable bonds is 9. The van der Waals surface area contributed by atoms with Gasteiger partial charge in [0.05, 0.1) is 24.4 Å². The van der Waals surface area contributed by atoms with Crippen LogP contribution >= 0.6 is 0 Å². The molecule has 0 spiro atoms. The third-order valence-electron chi connectivity index (χ3n) is 3.46. The fourth-order valence-corrected chi connectivity index (χ4v) is 2.27. The first-order valence-corrected chi connectivity index (χ1v) is 7.83. The van der Waals surface area contributed by atoms with Crippen LogP contribution in [0.15, 0.2) is 30.3 Å². The number of methoxy groups -OCH3 is 1. The largest absolute Gasteiger partial charge is 0.439 e. The molecule has 0 bridgehead atoms. The van der Waals surface area contributed by atoms with Gasteiger partial charge in [0.1, 0.15) is 5.75 Å². The topological polar surface area (TPSA) is 77.4 Å². The molecule has 1 amide bonds. The average Bonchev–Trinajstić information content (AvgIpc) is 2.83. The summed E-state index contributed by atoms with van der Waals surface area (Å²) in [5.41, 5.74) is 1.81. The summed E-state index contributed by atoms with van der Waals surface area (Å²) in [5.74, 6) is 1.35. The molecule has 0 aliphatic carbocycles. The van der Waals surface area contributed by atoms with Gasteiger partial charge in [-0.25, -0.2) is 4.68 Å². The van der Waals surface area contributed by atoms with E-state index >= 15 is 0 Å². The van der Waals surface area contributed by atoms with E-state index in [0.29, 0.717) is 25.6 Å². The van der Waals surface area contributed by atoms with Gasteiger partial charge in [-0.15, -0.1) is 0 Å². The Labute approximate surface area is 142 Å². The summed E-state index contributed by atoms with van der Waals surface area (Å²) in [6.45, 7) is 3.66. The first-order valence-electron chi connectivity index (χ1n) is 7.83. The molecule has 1 aromatic heterocycles. The van der Waals surface area contributed by atoms with Gasteiger partial charge >= 0.3 is 0 Å². The number of ether oxygens (including phenoxy) is 2. The predicted octanol–water partition coefficient (Wildman–Crippen LogP) is 1.37. The van der Waals surface area contributed by atoms with E-state index in [-0.39, 0.29) is 12.5 Å². The highest BCUT2D eigenvalue weighted by atomic mass is 16.5. The molecular formula is C17H24N4O3. The van der Waals surface area contributed by atoms with Gasteiger partial charge in [-0.3, -0.25) is 4.79 Å². The molecule has 0 aliphatic heterocycles. The summed E-state index contributed by atoms with van der Waals surface area (Å²) in [6, 6.07) is 9.55. The lowest BCUT2D eigenvalue weighted by Gasteiger charge is -2.10. The zero-order valence-corrected chi connectivity index (χ0v) is 14.3. The second-order valence-electron chi connectivity index (χ2n) is 5.35. The highest BCUT2D eigenvalue weighted by Crippen LogP contribution is 2.26. The third kappa shape index (κ3) is 5.07. The zero-order valence-electron chi connectivity index (χ0n) is 14.3. The van der Waals surface area contributed by atoms with Crippen LogP contribution in [-0.4, -0.2) is 42.5 Å². The summed E-state index contributed by atoms with van der Waals surface area (Å²) in [6.07, 6.45) is 0. The number of carbonyl (C=O) groups excluding carboxylic acids is 1. The molecule has 24 heavy (non-hydrogen) atoms. The van der Waals surface area contributed by atoms with Crippen LogP contribution < -0.4 is 15.4 Å². The maximum Gasteiger partial charge on any atom is 0.234 e. The minimum atomic E-state index is -0.0703. The quantitative estimate of drug-likeness (QED) is 0.678. The standard InChI is InChI=1S/C17H24N4O3/c1-13-15(11-18-12-16(22)19-9-10-23-3)17(21(2)20-13)24-14-7-5-4-6-8-14/h4-8,18H,9-12H2,1-3H3,(H,19,22). The third-order valence-corrected chi connectivity index (χ3v) is 3.46. The second-order valence-corrected chi connectivity index (χ2v) is 5.35. The van der Waals surface area contributed by atoms with Crippen LogP contribution in [0.5, 0.6) is 11.6 Å². The summed E-state index contributed by atoms with van der Waals surface area (Å²) in [7, 11) is 3.44. The van der Waals surface area contributed by atoms with Crippen molar-refractivity contribution in [2.45, 2.75) is 13.5 Å². The Bertz CT molecular complexity index is 655. The zero-order chi connectivity index (χ0) is 17.4. The van der Waals surface area contributed by atoms with Crippen LogP contribution in [0.1, 0.15) is 11.3 Å². The Morgan fingerprint density at radius 1 is 1.29 bits per heavy atom. The number of hydrogen-bond acceptors (Lipinski definition) is 5. The molecule has 0 aliphatic rings. The second kappa shape index (κ2) is 9.05. The Morgan fingerprint density at radius 3 is 2.75 bits per heavy atom. The minimum absolute atomic E-state index is 0.0703. The van der Waals surface area contributed by atoms with Crippen LogP contribution in [0.3, 0.4) is 0 Å². The van der Waals surface area contributed by atoms with Gasteiger partial charge in [-0.1, -0.05) is 18.2 Å². The van der Waals surface area contributed by atoms with Crippen LogP contribution in [0.2, 0.25) is 0 Å². The Morgan fingerprint density at radius 2 is 2.04 bits per heavy atom. The van der Waals surface area contributed by atoms with E-state index in [1.54, 1.807) is 11.8 Å². The number of nitrogens with zero attached hydrogens (tertiary/aromatic N) is 2. The van der Waals surface area contributed by atoms with Crippen LogP contribution in [0.4, 0.5) is 0 Å². The van der Waals surface area contributed by atoms with E-state index in [1.807, 2.05) is 44.3 Å². The molecule has 2 rings (SSSR count). The van der Waals surface area contributed by atoms with E-state index in [9.17, 15) is 4.79 Å². The normalized spacial score (nSPS) is 10.6. The molecule has 7 nitrogen and oxygen atoms in total. The lowest BCUT2D eigenvalue weighted by atomic mass is 10.2. The van der Waals surface area contributed by atoms with Gasteiger partial charge in [-0.2, -0.15) is 5.10 Å². The number of para-hydroxylation sites is 1. The summed E-state index contributed by atoms with van der Waals surface area (Å²) >= 11 is 0. The maximum atomic E-state index is 11.7. The number of aryl methyl sites for hydroxylation is 2. The molecular weight excluding hydrogens is 308 g/mol. The average molecular weight is 332 g/mol. The van der Waals surface area contributed by atoms with Crippen LogP contribution in [0, 0.1) is 6.92 Å². The van der Waals surface area contributed by atoms with Gasteiger partial charge in [0.2, 0.25) is 11.8 Å². The highest BCUT2D eigenvalue weighted by Gasteiger charge is 2.15. The van der Waals surface area contributed by atoms with Crippen molar-refractivity contribution in [1.82, 2.24) is 20.4 Å². The van der Waals surface area contributed by atoms with Crippen molar-refractivity contribution in [3.63, 3.8) is 0 Å². The number of nitrogens with one attached hydrogen (secondary N) is 2. The molecule has 0 atom stereocenters. The molecule has 130 valence electrons. The summed E-state index contributed by atoms with van der Waals surface area (Å²) in [4.78, 5) is 11.7. The molecule has 1 aromatic carbocycles. The van der Waals surface area contributed by atoms with E-state index in [0.717, 1.165) is 17.0 Å². The van der Waals surface area contributed by atoms with Crippen molar-refractivity contribution < 1.29 is 14.3 Å². The van der Waals surface area contributed by atoms with E-state index in [1.165, 1.54) is 0 Å². The number of amides is 1. The molecule has 2 aromatic rings. The Hall–Kier alpha value is -2.38. The Kier molecular flexibility index (Phi) is 6.77. The molecule has 1 heterocycles. The van der Waals surface area contributed by atoms with Crippen molar-refractivity contribution in [2.75, 3.05) is 26.8 Å². The van der Waals surface area contributed by atoms with Gasteiger partial charge in [0, 0.05) is 27.2 Å². The van der Waals surface area contributed by atoms with Gasteiger partial charge < -0.3 is 20.1 Å².